The minimum Gasteiger partial charge on any atom is -0.508 e. The molecule has 30 heteroatoms. The number of hydrogen-bond donors (Lipinski definition) is 16. The zero-order chi connectivity index (χ0) is 75.2. The van der Waals surface area contributed by atoms with Gasteiger partial charge in [-0.25, -0.2) is 0 Å². The molecule has 0 aromatic heterocycles. The number of aliphatic carboxylic acids is 1. The summed E-state index contributed by atoms with van der Waals surface area (Å²) >= 11 is 0. The molecule has 20 N–H and O–H groups in total. The SMILES string of the molecule is CC(=O)N[C@@H](Cc1ccc2ccccc2c1)C(=O)N[C@@H](Cc1ccccc1)C(=O)N[C@@H](Cc1ccccc1)C(=O)N[C@@H](CO)C(=O)N[C@@H](Cc1ccc(O)cc1)C(=O)N[C@@H](CCCN=C(N)N)C(=O)N[C@@H](Cc1ccccc1)C(=O)N[C@@H](CCCN=C(N)N)C(=O)N1CCC[C@@H]1C(=O)N[C@@H](C)C(=O)O. The number of aliphatic hydroxyl groups excluding tert-OH is 1. The van der Waals surface area contributed by atoms with Crippen molar-refractivity contribution in [1.29, 1.82) is 0 Å². The second-order valence-corrected chi connectivity index (χ2v) is 25.3. The zero-order valence-electron chi connectivity index (χ0n) is 57.9. The van der Waals surface area contributed by atoms with E-state index >= 15 is 0 Å². The maximum Gasteiger partial charge on any atom is 0.325 e. The normalized spacial score (nSPS) is 15.0. The molecule has 0 unspecified atom stereocenters. The third-order valence-corrected chi connectivity index (χ3v) is 17.2. The Balaban J connectivity index is 1.14. The molecule has 1 aliphatic heterocycles. The van der Waals surface area contributed by atoms with Gasteiger partial charge >= 0.3 is 5.97 Å². The van der Waals surface area contributed by atoms with E-state index in [0.717, 1.165) is 16.3 Å². The van der Waals surface area contributed by atoms with E-state index in [9.17, 15) is 68.1 Å². The Bertz CT molecular complexity index is 3990. The first-order chi connectivity index (χ1) is 49.8. The van der Waals surface area contributed by atoms with Gasteiger partial charge in [0.25, 0.3) is 0 Å². The Morgan fingerprint density at radius 3 is 1.26 bits per heavy atom. The van der Waals surface area contributed by atoms with E-state index < -0.39 is 132 Å². The van der Waals surface area contributed by atoms with Gasteiger partial charge in [-0.2, -0.15) is 0 Å². The molecule has 1 aliphatic rings. The monoisotopic (exact) mass is 1430 g/mol. The fraction of sp³-hybridized carbons (Fsp3) is 0.365. The zero-order valence-corrected chi connectivity index (χ0v) is 57.9. The standard InChI is InChI=1S/C74H92N16O14/c1-44(72(103)104)81-70(101)62-27-16-36-90(62)71(102)55(26-15-35-80-74(77)78)84-66(97)57(38-46-17-6-3-7-18-46)85-63(94)54(25-14-34-79-73(75)76)83-65(96)60(41-49-29-32-53(93)33-30-49)88-69(100)61(43-91)89-68(99)59(40-48-21-10-5-11-22-48)87-67(98)58(39-47-19-8-4-9-20-47)86-64(95)56(82-45(2)92)42-50-28-31-51-23-12-13-24-52(51)37-50/h3-13,17-24,28-33,37,44,54-62,91,93H,14-16,25-27,34-36,38-43H2,1-2H3,(H,81,101)(H,82,92)(H,83,96)(H,84,97)(H,85,94)(H,86,95)(H,87,98)(H,88,100)(H,89,99)(H,103,104)(H4,75,76,79)(H4,77,78,80)/t44-,54-,55-,56-,57-,58-,59-,60-,61-,62+/m0/s1. The predicted molar refractivity (Wildman–Crippen MR) is 388 cm³/mol. The average Bonchev–Trinajstić information content (AvgIpc) is 1.53. The number of benzene rings is 6. The molecule has 552 valence electrons. The number of nitrogens with zero attached hydrogens (tertiary/aromatic N) is 3. The van der Waals surface area contributed by atoms with E-state index in [1.165, 1.54) is 43.0 Å². The second kappa shape index (κ2) is 39.9. The predicted octanol–water partition coefficient (Wildman–Crippen LogP) is -0.363. The lowest BCUT2D eigenvalue weighted by atomic mass is 9.99. The number of aliphatic imine (C=N–C) groups is 2. The fourth-order valence-electron chi connectivity index (χ4n) is 11.8. The van der Waals surface area contributed by atoms with Gasteiger partial charge in [-0.05, 0) is 96.2 Å². The van der Waals surface area contributed by atoms with Crippen LogP contribution in [0.25, 0.3) is 10.8 Å². The molecule has 6 aromatic rings. The molecule has 7 rings (SSSR count). The number of carboxylic acids is 1. The lowest BCUT2D eigenvalue weighted by Gasteiger charge is -2.30. The number of nitrogens with two attached hydrogens (primary N) is 4. The molecule has 1 fully saturated rings. The van der Waals surface area contributed by atoms with Crippen LogP contribution in [-0.2, 0) is 84.8 Å². The number of phenolic OH excluding ortho intramolecular Hbond substituents is 1. The fourth-order valence-corrected chi connectivity index (χ4v) is 11.8. The molecule has 30 nitrogen and oxygen atoms in total. The van der Waals surface area contributed by atoms with E-state index in [4.69, 9.17) is 22.9 Å². The van der Waals surface area contributed by atoms with Crippen molar-refractivity contribution in [3.8, 4) is 5.75 Å². The van der Waals surface area contributed by atoms with E-state index in [-0.39, 0.29) is 102 Å². The van der Waals surface area contributed by atoms with E-state index in [1.54, 1.807) is 91.0 Å². The highest BCUT2D eigenvalue weighted by Crippen LogP contribution is 2.22. The van der Waals surface area contributed by atoms with Crippen molar-refractivity contribution >= 4 is 87.7 Å². The van der Waals surface area contributed by atoms with Crippen LogP contribution in [0.5, 0.6) is 5.75 Å². The minimum absolute atomic E-state index is 0.0329. The van der Waals surface area contributed by atoms with Crippen LogP contribution in [0.1, 0.15) is 80.2 Å². The number of hydrogen-bond acceptors (Lipinski definition) is 15. The molecule has 104 heavy (non-hydrogen) atoms. The molecule has 10 amide bonds. The number of carboxylic acid groups (broad SMARTS) is 1. The van der Waals surface area contributed by atoms with Crippen LogP contribution in [0.15, 0.2) is 168 Å². The molecule has 0 radical (unpaired) electrons. The van der Waals surface area contributed by atoms with Crippen molar-refractivity contribution in [2.75, 3.05) is 26.2 Å². The first kappa shape index (κ1) is 79.4. The minimum atomic E-state index is -1.83. The van der Waals surface area contributed by atoms with Crippen molar-refractivity contribution in [2.24, 2.45) is 32.9 Å². The van der Waals surface area contributed by atoms with Crippen LogP contribution in [-0.4, -0.2) is 184 Å². The summed E-state index contributed by atoms with van der Waals surface area (Å²) in [6.45, 7) is 1.55. The summed E-state index contributed by atoms with van der Waals surface area (Å²) in [5.74, 6) is -10.3. The molecule has 10 atom stereocenters. The number of phenols is 1. The van der Waals surface area contributed by atoms with Crippen LogP contribution >= 0.6 is 0 Å². The lowest BCUT2D eigenvalue weighted by Crippen LogP contribution is -2.61. The van der Waals surface area contributed by atoms with Gasteiger partial charge in [0, 0.05) is 58.7 Å². The van der Waals surface area contributed by atoms with Gasteiger partial charge in [-0.1, -0.05) is 146 Å². The van der Waals surface area contributed by atoms with Crippen LogP contribution < -0.4 is 70.8 Å². The Labute approximate surface area is 601 Å². The molecule has 1 saturated heterocycles. The topological polar surface area (TPSA) is 489 Å². The Morgan fingerprint density at radius 2 is 0.817 bits per heavy atom. The van der Waals surface area contributed by atoms with Gasteiger partial charge in [0.15, 0.2) is 11.9 Å². The number of amides is 10. The number of fused-ring (bicyclic) bond motifs is 1. The van der Waals surface area contributed by atoms with Gasteiger partial charge in [0.05, 0.1) is 6.61 Å². The maximum atomic E-state index is 15.0. The Morgan fingerprint density at radius 1 is 0.452 bits per heavy atom. The summed E-state index contributed by atoms with van der Waals surface area (Å²) in [6.07, 6.45) is -0.211. The molecule has 0 aliphatic carbocycles. The summed E-state index contributed by atoms with van der Waals surface area (Å²) in [4.78, 5) is 165. The number of aromatic hydroxyl groups is 1. The second-order valence-electron chi connectivity index (χ2n) is 25.3. The molecule has 0 saturated carbocycles. The molecule has 1 heterocycles. The van der Waals surface area contributed by atoms with Crippen LogP contribution in [0.4, 0.5) is 0 Å². The van der Waals surface area contributed by atoms with Crippen LogP contribution in [0.3, 0.4) is 0 Å². The van der Waals surface area contributed by atoms with Crippen LogP contribution in [0, 0.1) is 0 Å². The quantitative estimate of drug-likeness (QED) is 0.0134. The highest BCUT2D eigenvalue weighted by molar-refractivity contribution is 5.99. The van der Waals surface area contributed by atoms with Gasteiger partial charge in [-0.15, -0.1) is 0 Å². The lowest BCUT2D eigenvalue weighted by molar-refractivity contribution is -0.144. The van der Waals surface area contributed by atoms with Crippen molar-refractivity contribution in [2.45, 2.75) is 145 Å². The van der Waals surface area contributed by atoms with Crippen molar-refractivity contribution in [3.63, 3.8) is 0 Å². The average molecular weight is 1430 g/mol. The van der Waals surface area contributed by atoms with E-state index in [1.807, 2.05) is 42.5 Å². The van der Waals surface area contributed by atoms with Gasteiger partial charge in [-0.3, -0.25) is 62.7 Å². The van der Waals surface area contributed by atoms with Crippen molar-refractivity contribution in [3.05, 3.63) is 186 Å². The van der Waals surface area contributed by atoms with Crippen molar-refractivity contribution < 1.29 is 68.1 Å². The van der Waals surface area contributed by atoms with E-state index in [2.05, 4.69) is 57.8 Å². The summed E-state index contributed by atoms with van der Waals surface area (Å²) in [5, 5.41) is 56.5. The Hall–Kier alpha value is -11.9. The molecule has 6 aromatic carbocycles. The number of guanidine groups is 2. The maximum absolute atomic E-state index is 15.0. The molecule has 0 spiro atoms. The third kappa shape index (κ3) is 25.3. The number of carbonyl (C=O) groups is 11. The molecule has 0 bridgehead atoms. The number of carbonyl (C=O) groups excluding carboxylic acids is 10. The summed E-state index contributed by atoms with van der Waals surface area (Å²) in [6, 6.07) is 30.4. The number of nitrogens with one attached hydrogen (secondary N) is 9. The summed E-state index contributed by atoms with van der Waals surface area (Å²) in [5.41, 5.74) is 25.3. The smallest absolute Gasteiger partial charge is 0.325 e. The van der Waals surface area contributed by atoms with Gasteiger partial charge in [0.2, 0.25) is 59.1 Å². The van der Waals surface area contributed by atoms with Gasteiger partial charge < -0.3 is 91.0 Å². The number of likely N-dealkylation sites (tertiary alicyclic amines) is 1. The first-order valence-electron chi connectivity index (χ1n) is 34.2. The highest BCUT2D eigenvalue weighted by Gasteiger charge is 2.40. The highest BCUT2D eigenvalue weighted by atomic mass is 16.4. The first-order valence-corrected chi connectivity index (χ1v) is 34.2. The van der Waals surface area contributed by atoms with Crippen LogP contribution in [0.2, 0.25) is 0 Å². The number of aliphatic hydroxyl groups is 1. The molecular formula is C74H92N16O14. The van der Waals surface area contributed by atoms with E-state index in [0.29, 0.717) is 28.7 Å². The Kier molecular flexibility index (Phi) is 30.4. The largest absolute Gasteiger partial charge is 0.508 e. The summed E-state index contributed by atoms with van der Waals surface area (Å²) in [7, 11) is 0. The van der Waals surface area contributed by atoms with Crippen molar-refractivity contribution in [1.82, 2.24) is 52.8 Å². The third-order valence-electron chi connectivity index (χ3n) is 17.2. The van der Waals surface area contributed by atoms with Gasteiger partial charge in [0.1, 0.15) is 66.2 Å². The molecular weight excluding hydrogens is 1340 g/mol. The summed E-state index contributed by atoms with van der Waals surface area (Å²) < 4.78 is 0. The number of rotatable bonds is 38.